The highest BCUT2D eigenvalue weighted by Crippen LogP contribution is 2.34. The summed E-state index contributed by atoms with van der Waals surface area (Å²) >= 11 is 3.11. The number of fused-ring (bicyclic) bond motifs is 1. The Balaban J connectivity index is 1.61. The molecule has 4 rings (SSSR count). The summed E-state index contributed by atoms with van der Waals surface area (Å²) in [6.45, 7) is 4.65. The number of benzene rings is 3. The third-order valence-corrected chi connectivity index (χ3v) is 7.28. The molecule has 1 heterocycles. The predicted molar refractivity (Wildman–Crippen MR) is 130 cm³/mol. The van der Waals surface area contributed by atoms with E-state index in [1.165, 1.54) is 17.3 Å². The van der Waals surface area contributed by atoms with Gasteiger partial charge >= 0.3 is 0 Å². The molecule has 0 saturated carbocycles. The highest BCUT2D eigenvalue weighted by molar-refractivity contribution is 8.00. The topological polar surface area (TPSA) is 42.4 Å². The van der Waals surface area contributed by atoms with Crippen molar-refractivity contribution in [1.82, 2.24) is 4.98 Å². The Bertz CT molecular complexity index is 1150. The van der Waals surface area contributed by atoms with Gasteiger partial charge in [-0.15, -0.1) is 11.8 Å². The molecule has 0 unspecified atom stereocenters. The van der Waals surface area contributed by atoms with E-state index in [0.29, 0.717) is 12.3 Å². The largest absolute Gasteiger partial charge is 0.497 e. The fraction of sp³-hybridized carbons (Fsp3) is 0.200. The molecule has 158 valence electrons. The van der Waals surface area contributed by atoms with E-state index in [1.54, 1.807) is 18.4 Å². The Labute approximate surface area is 190 Å². The summed E-state index contributed by atoms with van der Waals surface area (Å²) in [5.41, 5.74) is 4.37. The second-order valence-corrected chi connectivity index (χ2v) is 9.33. The van der Waals surface area contributed by atoms with Crippen LogP contribution in [0.4, 0.5) is 5.13 Å². The minimum Gasteiger partial charge on any atom is -0.497 e. The van der Waals surface area contributed by atoms with E-state index in [2.05, 4.69) is 26.0 Å². The molecule has 1 aromatic heterocycles. The number of hydrogen-bond acceptors (Lipinski definition) is 5. The van der Waals surface area contributed by atoms with Crippen molar-refractivity contribution in [3.8, 4) is 5.75 Å². The Morgan fingerprint density at radius 2 is 1.71 bits per heavy atom. The van der Waals surface area contributed by atoms with Crippen LogP contribution in [0.25, 0.3) is 10.2 Å². The van der Waals surface area contributed by atoms with Crippen LogP contribution in [0.15, 0.2) is 71.6 Å². The van der Waals surface area contributed by atoms with Crippen molar-refractivity contribution in [2.24, 2.45) is 0 Å². The molecule has 0 radical (unpaired) electrons. The van der Waals surface area contributed by atoms with E-state index in [0.717, 1.165) is 37.1 Å². The summed E-state index contributed by atoms with van der Waals surface area (Å²) in [4.78, 5) is 21.1. The third kappa shape index (κ3) is 4.92. The molecular weight excluding hydrogens is 424 g/mol. The molecule has 0 fully saturated rings. The molecular formula is C25H24N2O2S2. The molecule has 31 heavy (non-hydrogen) atoms. The molecule has 0 saturated heterocycles. The summed E-state index contributed by atoms with van der Waals surface area (Å²) in [5.74, 6) is 1.19. The lowest BCUT2D eigenvalue weighted by atomic mass is 10.1. The molecule has 0 bridgehead atoms. The molecule has 1 amide bonds. The fourth-order valence-corrected chi connectivity index (χ4v) is 5.19. The molecule has 4 aromatic rings. The van der Waals surface area contributed by atoms with Crippen molar-refractivity contribution in [3.05, 3.63) is 83.4 Å². The van der Waals surface area contributed by atoms with Crippen molar-refractivity contribution in [2.75, 3.05) is 17.8 Å². The zero-order chi connectivity index (χ0) is 21.8. The number of aryl methyl sites for hydroxylation is 2. The Morgan fingerprint density at radius 1 is 1.00 bits per heavy atom. The normalized spacial score (nSPS) is 10.9. The van der Waals surface area contributed by atoms with Gasteiger partial charge in [0, 0.05) is 4.90 Å². The van der Waals surface area contributed by atoms with E-state index >= 15 is 0 Å². The Morgan fingerprint density at radius 3 is 2.39 bits per heavy atom. The average molecular weight is 449 g/mol. The van der Waals surface area contributed by atoms with Crippen LogP contribution < -0.4 is 9.64 Å². The number of carbonyl (C=O) groups is 1. The van der Waals surface area contributed by atoms with Crippen LogP contribution in [-0.4, -0.2) is 23.8 Å². The number of carbonyl (C=O) groups excluding carboxylic acids is 1. The molecule has 0 atom stereocenters. The Hall–Kier alpha value is -2.83. The summed E-state index contributed by atoms with van der Waals surface area (Å²) in [7, 11) is 1.65. The van der Waals surface area contributed by atoms with Crippen LogP contribution in [-0.2, 0) is 11.3 Å². The lowest BCUT2D eigenvalue weighted by molar-refractivity contribution is -0.116. The van der Waals surface area contributed by atoms with Gasteiger partial charge in [-0.1, -0.05) is 53.8 Å². The monoisotopic (exact) mass is 448 g/mol. The molecule has 0 N–H and O–H groups in total. The first-order valence-electron chi connectivity index (χ1n) is 10.0. The van der Waals surface area contributed by atoms with Gasteiger partial charge in [0.05, 0.1) is 29.6 Å². The van der Waals surface area contributed by atoms with Gasteiger partial charge in [0.1, 0.15) is 5.75 Å². The first kappa shape index (κ1) is 21.4. The molecule has 0 spiro atoms. The number of anilines is 1. The third-order valence-electron chi connectivity index (χ3n) is 5.07. The smallest absolute Gasteiger partial charge is 0.239 e. The minimum atomic E-state index is 0.0408. The second kappa shape index (κ2) is 9.54. The lowest BCUT2D eigenvalue weighted by Crippen LogP contribution is -2.31. The standard InChI is InChI=1S/C25H24N2O2S2/c1-17-9-10-18(2)24-23(17)26-25(31-24)27(15-19-7-5-4-6-8-19)22(28)16-30-21-13-11-20(29-3)12-14-21/h4-14H,15-16H2,1-3H3. The van der Waals surface area contributed by atoms with E-state index < -0.39 is 0 Å². The predicted octanol–water partition coefficient (Wildman–Crippen LogP) is 6.25. The van der Waals surface area contributed by atoms with Crippen LogP contribution in [0.1, 0.15) is 16.7 Å². The fourth-order valence-electron chi connectivity index (χ4n) is 3.29. The SMILES string of the molecule is COc1ccc(SCC(=O)N(Cc2ccccc2)c2nc3c(C)ccc(C)c3s2)cc1. The number of rotatable bonds is 7. The van der Waals surface area contributed by atoms with Crippen LogP contribution in [0.2, 0.25) is 0 Å². The highest BCUT2D eigenvalue weighted by atomic mass is 32.2. The van der Waals surface area contributed by atoms with E-state index in [9.17, 15) is 4.79 Å². The maximum Gasteiger partial charge on any atom is 0.239 e. The van der Waals surface area contributed by atoms with E-state index in [4.69, 9.17) is 9.72 Å². The maximum absolute atomic E-state index is 13.3. The van der Waals surface area contributed by atoms with Gasteiger partial charge in [-0.25, -0.2) is 4.98 Å². The van der Waals surface area contributed by atoms with Crippen molar-refractivity contribution >= 4 is 44.4 Å². The van der Waals surface area contributed by atoms with Crippen molar-refractivity contribution in [1.29, 1.82) is 0 Å². The number of hydrogen-bond donors (Lipinski definition) is 0. The number of methoxy groups -OCH3 is 1. The number of aromatic nitrogens is 1. The van der Waals surface area contributed by atoms with Crippen LogP contribution >= 0.6 is 23.1 Å². The zero-order valence-electron chi connectivity index (χ0n) is 17.8. The number of thioether (sulfide) groups is 1. The number of ether oxygens (including phenoxy) is 1. The quantitative estimate of drug-likeness (QED) is 0.314. The van der Waals surface area contributed by atoms with Gasteiger partial charge in [0.2, 0.25) is 5.91 Å². The molecule has 4 nitrogen and oxygen atoms in total. The van der Waals surface area contributed by atoms with Crippen molar-refractivity contribution in [3.63, 3.8) is 0 Å². The van der Waals surface area contributed by atoms with Crippen LogP contribution in [0.3, 0.4) is 0 Å². The second-order valence-electron chi connectivity index (χ2n) is 7.30. The average Bonchev–Trinajstić information content (AvgIpc) is 3.26. The molecule has 0 aliphatic carbocycles. The zero-order valence-corrected chi connectivity index (χ0v) is 19.4. The summed E-state index contributed by atoms with van der Waals surface area (Å²) in [6.07, 6.45) is 0. The Kier molecular flexibility index (Phi) is 6.59. The van der Waals surface area contributed by atoms with Gasteiger partial charge < -0.3 is 4.74 Å². The number of thiazole rings is 1. The number of nitrogens with zero attached hydrogens (tertiary/aromatic N) is 2. The summed E-state index contributed by atoms with van der Waals surface area (Å²) in [5, 5.41) is 0.747. The summed E-state index contributed by atoms with van der Waals surface area (Å²) in [6, 6.07) is 22.0. The van der Waals surface area contributed by atoms with Gasteiger partial charge in [-0.05, 0) is 54.8 Å². The maximum atomic E-state index is 13.3. The van der Waals surface area contributed by atoms with Gasteiger partial charge in [-0.2, -0.15) is 0 Å². The molecule has 0 aliphatic rings. The molecule has 0 aliphatic heterocycles. The first-order valence-corrected chi connectivity index (χ1v) is 11.8. The van der Waals surface area contributed by atoms with Crippen molar-refractivity contribution in [2.45, 2.75) is 25.3 Å². The molecule has 3 aromatic carbocycles. The van der Waals surface area contributed by atoms with E-state index in [-0.39, 0.29) is 5.91 Å². The summed E-state index contributed by atoms with van der Waals surface area (Å²) < 4.78 is 6.36. The van der Waals surface area contributed by atoms with Crippen molar-refractivity contribution < 1.29 is 9.53 Å². The highest BCUT2D eigenvalue weighted by Gasteiger charge is 2.21. The van der Waals surface area contributed by atoms with Crippen LogP contribution in [0.5, 0.6) is 5.75 Å². The van der Waals surface area contributed by atoms with Gasteiger partial charge in [0.25, 0.3) is 0 Å². The van der Waals surface area contributed by atoms with Gasteiger partial charge in [-0.3, -0.25) is 9.69 Å². The first-order chi connectivity index (χ1) is 15.0. The molecule has 6 heteroatoms. The van der Waals surface area contributed by atoms with Crippen LogP contribution in [0, 0.1) is 13.8 Å². The lowest BCUT2D eigenvalue weighted by Gasteiger charge is -2.20. The van der Waals surface area contributed by atoms with E-state index in [1.807, 2.05) is 59.5 Å². The minimum absolute atomic E-state index is 0.0408. The number of amides is 1. The van der Waals surface area contributed by atoms with Gasteiger partial charge in [0.15, 0.2) is 5.13 Å².